The second-order valence-electron chi connectivity index (χ2n) is 15.3. The topological polar surface area (TPSA) is 255 Å². The molecule has 0 aromatic heterocycles. The number of hydrogen-bond acceptors (Lipinski definition) is 15. The summed E-state index contributed by atoms with van der Waals surface area (Å²) in [4.78, 5) is 70.4. The summed E-state index contributed by atoms with van der Waals surface area (Å²) in [7, 11) is 0. The van der Waals surface area contributed by atoms with E-state index in [-0.39, 0.29) is 57.4 Å². The highest BCUT2D eigenvalue weighted by atomic mass is 16.6. The minimum Gasteiger partial charge on any atom is -0.458 e. The van der Waals surface area contributed by atoms with Crippen molar-refractivity contribution >= 4 is 36.2 Å². The third-order valence-electron chi connectivity index (χ3n) is 11.4. The van der Waals surface area contributed by atoms with Gasteiger partial charge in [0.2, 0.25) is 0 Å². The molecule has 60 heavy (non-hydrogen) atoms. The molecule has 6 fully saturated rings. The van der Waals surface area contributed by atoms with Gasteiger partial charge in [-0.1, -0.05) is 91.0 Å². The van der Waals surface area contributed by atoms with Crippen molar-refractivity contribution in [2.24, 2.45) is 17.8 Å². The number of carbonyl (C=O) groups excluding carboxylic acids is 6. The molecule has 18 nitrogen and oxygen atoms in total. The van der Waals surface area contributed by atoms with Gasteiger partial charge in [0.25, 0.3) is 0 Å². The van der Waals surface area contributed by atoms with E-state index in [0.717, 1.165) is 16.7 Å². The molecule has 0 unspecified atom stereocenters. The number of amides is 3. The summed E-state index contributed by atoms with van der Waals surface area (Å²) >= 11 is 0. The van der Waals surface area contributed by atoms with Crippen LogP contribution in [0.25, 0.3) is 0 Å². The van der Waals surface area contributed by atoms with Gasteiger partial charge >= 0.3 is 36.2 Å². The van der Waals surface area contributed by atoms with Crippen LogP contribution in [-0.2, 0) is 62.6 Å². The smallest absolute Gasteiger partial charge is 0.408 e. The summed E-state index contributed by atoms with van der Waals surface area (Å²) in [6.07, 6.45) is -2.00. The van der Waals surface area contributed by atoms with Gasteiger partial charge in [-0.05, 0) is 36.0 Å². The largest absolute Gasteiger partial charge is 0.458 e. The Morgan fingerprint density at radius 2 is 0.733 bits per heavy atom. The first kappa shape index (κ1) is 41.9. The lowest BCUT2D eigenvalue weighted by atomic mass is 10.2. The minimum atomic E-state index is -0.985. The van der Waals surface area contributed by atoms with Crippen LogP contribution in [0.4, 0.5) is 14.4 Å². The Morgan fingerprint density at radius 3 is 0.933 bits per heavy atom. The predicted molar refractivity (Wildman–Crippen MR) is 203 cm³/mol. The van der Waals surface area contributed by atoms with E-state index < -0.39 is 71.1 Å². The molecule has 9 atom stereocenters. The third-order valence-corrected chi connectivity index (χ3v) is 11.4. The lowest BCUT2D eigenvalue weighted by molar-refractivity contribution is -0.148. The minimum absolute atomic E-state index is 0.145. The number of aliphatic hydroxyl groups is 3. The van der Waals surface area contributed by atoms with E-state index in [1.165, 1.54) is 0 Å². The van der Waals surface area contributed by atoms with Gasteiger partial charge in [-0.3, -0.25) is 0 Å². The molecule has 3 aromatic rings. The van der Waals surface area contributed by atoms with E-state index in [0.29, 0.717) is 19.3 Å². The van der Waals surface area contributed by atoms with Gasteiger partial charge in [-0.2, -0.15) is 0 Å². The molecule has 0 bridgehead atoms. The average Bonchev–Trinajstić information content (AvgIpc) is 4.22. The van der Waals surface area contributed by atoms with Crippen molar-refractivity contribution in [2.45, 2.75) is 74.0 Å². The lowest BCUT2D eigenvalue weighted by Gasteiger charge is -2.12. The summed E-state index contributed by atoms with van der Waals surface area (Å²) < 4.78 is 30.2. The molecular weight excluding hydrogens is 786 g/mol. The highest BCUT2D eigenvalue weighted by molar-refractivity contribution is 5.93. The number of benzene rings is 3. The Bertz CT molecular complexity index is 1830. The van der Waals surface area contributed by atoms with Crippen LogP contribution < -0.4 is 16.0 Å². The van der Waals surface area contributed by atoms with Crippen molar-refractivity contribution in [1.29, 1.82) is 0 Å². The molecule has 3 amide bonds. The van der Waals surface area contributed by atoms with Crippen LogP contribution in [0.1, 0.15) is 36.0 Å². The number of aliphatic hydroxyl groups excluding tert-OH is 3. The van der Waals surface area contributed by atoms with Gasteiger partial charge < -0.3 is 59.7 Å². The molecule has 3 heterocycles. The maximum Gasteiger partial charge on any atom is 0.408 e. The highest BCUT2D eigenvalue weighted by Gasteiger charge is 2.73. The first-order valence-electron chi connectivity index (χ1n) is 19.4. The molecule has 9 rings (SSSR count). The Kier molecular flexibility index (Phi) is 12.3. The molecular formula is C42H45N3O15. The lowest BCUT2D eigenvalue weighted by Crippen LogP contribution is -2.43. The molecule has 6 N–H and O–H groups in total. The zero-order valence-corrected chi connectivity index (χ0v) is 32.2. The molecule has 3 aliphatic heterocycles. The normalized spacial score (nSPS) is 30.4. The van der Waals surface area contributed by atoms with E-state index in [1.54, 1.807) is 0 Å². The maximum absolute atomic E-state index is 11.7. The van der Waals surface area contributed by atoms with Crippen molar-refractivity contribution in [3.05, 3.63) is 108 Å². The second-order valence-corrected chi connectivity index (χ2v) is 15.3. The number of fused-ring (bicyclic) bond motifs is 3. The first-order valence-corrected chi connectivity index (χ1v) is 19.4. The highest BCUT2D eigenvalue weighted by Crippen LogP contribution is 2.54. The molecule has 3 saturated heterocycles. The summed E-state index contributed by atoms with van der Waals surface area (Å²) in [6, 6.07) is 27.8. The van der Waals surface area contributed by atoms with Gasteiger partial charge in [0.1, 0.15) is 54.7 Å². The van der Waals surface area contributed by atoms with Gasteiger partial charge in [0, 0.05) is 17.8 Å². The van der Waals surface area contributed by atoms with Crippen LogP contribution in [0.15, 0.2) is 91.0 Å². The zero-order valence-electron chi connectivity index (χ0n) is 32.2. The average molecular weight is 832 g/mol. The monoisotopic (exact) mass is 831 g/mol. The van der Waals surface area contributed by atoms with Crippen LogP contribution in [0.5, 0.6) is 0 Å². The molecule has 318 valence electrons. The third kappa shape index (κ3) is 8.85. The summed E-state index contributed by atoms with van der Waals surface area (Å²) in [5.74, 6) is -1.91. The van der Waals surface area contributed by atoms with E-state index in [1.807, 2.05) is 91.0 Å². The fourth-order valence-corrected chi connectivity index (χ4v) is 7.79. The molecule has 3 aliphatic carbocycles. The number of alkyl carbamates (subject to hydrolysis) is 3. The van der Waals surface area contributed by atoms with Gasteiger partial charge in [-0.25, -0.2) is 28.8 Å². The molecule has 3 aromatic carbocycles. The maximum atomic E-state index is 11.7. The molecule has 0 spiro atoms. The number of hydrogen-bond donors (Lipinski definition) is 6. The second kappa shape index (κ2) is 17.5. The van der Waals surface area contributed by atoms with Gasteiger partial charge in [0.05, 0.1) is 19.8 Å². The number of ether oxygens (including phenoxy) is 6. The number of carbonyl (C=O) groups is 6. The van der Waals surface area contributed by atoms with Crippen molar-refractivity contribution < 1.29 is 72.5 Å². The molecule has 0 radical (unpaired) electrons. The van der Waals surface area contributed by atoms with Crippen molar-refractivity contribution in [3.8, 4) is 0 Å². The standard InChI is InChI=1S/3C14H15NO5/c3*16-7-11-10-6-14(10,12(17)20-11)15-13(18)19-8-9-4-2-1-3-5-9/h3*1-5,10-11,16H,6-8H2,(H,15,18)/t3*10-,11+,14+/m000/s1. The fourth-order valence-electron chi connectivity index (χ4n) is 7.79. The Balaban J connectivity index is 0.000000136. The Labute approximate surface area is 343 Å². The molecule has 3 saturated carbocycles. The van der Waals surface area contributed by atoms with E-state index in [4.69, 9.17) is 43.7 Å². The number of rotatable bonds is 12. The SMILES string of the molecule is O=C(N[C@]12C[C@H]1[C@@H](CO)OC2=O)OCc1ccccc1.O=C(N[C@]12C[C@H]1[C@@H](CO)OC2=O)OCc1ccccc1.O=C(N[C@]12C[C@H]1[C@@H](CO)OC2=O)OCc1ccccc1. The van der Waals surface area contributed by atoms with Crippen LogP contribution >= 0.6 is 0 Å². The van der Waals surface area contributed by atoms with Crippen LogP contribution in [0.3, 0.4) is 0 Å². The van der Waals surface area contributed by atoms with Crippen molar-refractivity contribution in [1.82, 2.24) is 16.0 Å². The van der Waals surface area contributed by atoms with E-state index in [9.17, 15) is 28.8 Å². The summed E-state index contributed by atoms with van der Waals surface area (Å²) in [5, 5.41) is 34.9. The Hall–Kier alpha value is -6.24. The van der Waals surface area contributed by atoms with Crippen LogP contribution in [-0.4, -0.2) is 106 Å². The van der Waals surface area contributed by atoms with Crippen LogP contribution in [0.2, 0.25) is 0 Å². The molecule has 18 heteroatoms. The number of cyclic esters (lactones) is 3. The summed E-state index contributed by atoms with van der Waals surface area (Å²) in [6.45, 7) is -0.236. The number of nitrogens with one attached hydrogen (secondary N) is 3. The molecule has 6 aliphatic rings. The first-order chi connectivity index (χ1) is 29.0. The van der Waals surface area contributed by atoms with E-state index >= 15 is 0 Å². The van der Waals surface area contributed by atoms with Crippen molar-refractivity contribution in [3.63, 3.8) is 0 Å². The van der Waals surface area contributed by atoms with E-state index in [2.05, 4.69) is 16.0 Å². The van der Waals surface area contributed by atoms with Gasteiger partial charge in [0.15, 0.2) is 0 Å². The Morgan fingerprint density at radius 1 is 0.483 bits per heavy atom. The quantitative estimate of drug-likeness (QED) is 0.112. The van der Waals surface area contributed by atoms with Crippen molar-refractivity contribution in [2.75, 3.05) is 19.8 Å². The predicted octanol–water partition coefficient (Wildman–Crippen LogP) is 1.77. The number of esters is 3. The zero-order chi connectivity index (χ0) is 42.5. The van der Waals surface area contributed by atoms with Gasteiger partial charge in [-0.15, -0.1) is 0 Å². The fraction of sp³-hybridized carbons (Fsp3) is 0.429. The van der Waals surface area contributed by atoms with Crippen LogP contribution in [0, 0.1) is 17.8 Å². The summed E-state index contributed by atoms with van der Waals surface area (Å²) in [5.41, 5.74) is -0.344.